The summed E-state index contributed by atoms with van der Waals surface area (Å²) in [6.45, 7) is 2.10. The predicted octanol–water partition coefficient (Wildman–Crippen LogP) is 4.56. The van der Waals surface area contributed by atoms with E-state index < -0.39 is 0 Å². The number of nitrogens with zero attached hydrogens (tertiary/aromatic N) is 2. The second kappa shape index (κ2) is 8.99. The molecule has 28 heavy (non-hydrogen) atoms. The third-order valence-corrected chi connectivity index (χ3v) is 6.35. The van der Waals surface area contributed by atoms with E-state index in [-0.39, 0.29) is 0 Å². The van der Waals surface area contributed by atoms with Gasteiger partial charge in [-0.15, -0.1) is 0 Å². The fraction of sp³-hybridized carbons (Fsp3) is 0.609. The fourth-order valence-electron chi connectivity index (χ4n) is 4.73. The predicted molar refractivity (Wildman–Crippen MR) is 109 cm³/mol. The highest BCUT2D eigenvalue weighted by Gasteiger charge is 2.26. The summed E-state index contributed by atoms with van der Waals surface area (Å²) in [4.78, 5) is 2.64. The van der Waals surface area contributed by atoms with E-state index in [4.69, 9.17) is 14.0 Å². The molecule has 1 fully saturated rings. The van der Waals surface area contributed by atoms with Crippen molar-refractivity contribution in [3.8, 4) is 11.5 Å². The van der Waals surface area contributed by atoms with Crippen molar-refractivity contribution in [3.63, 3.8) is 0 Å². The summed E-state index contributed by atoms with van der Waals surface area (Å²) < 4.78 is 16.5. The van der Waals surface area contributed by atoms with Crippen LogP contribution in [0.4, 0.5) is 0 Å². The monoisotopic (exact) mass is 384 g/mol. The number of likely N-dealkylation sites (tertiary alicyclic amines) is 1. The summed E-state index contributed by atoms with van der Waals surface area (Å²) in [5, 5.41) is 4.44. The number of benzene rings is 1. The van der Waals surface area contributed by atoms with E-state index in [1.165, 1.54) is 48.9 Å². The molecule has 4 rings (SSSR count). The molecule has 0 N–H and O–H groups in total. The van der Waals surface area contributed by atoms with Gasteiger partial charge >= 0.3 is 0 Å². The van der Waals surface area contributed by atoms with E-state index in [1.807, 2.05) is 6.07 Å². The van der Waals surface area contributed by atoms with Gasteiger partial charge in [-0.2, -0.15) is 0 Å². The Morgan fingerprint density at radius 3 is 2.79 bits per heavy atom. The maximum absolute atomic E-state index is 5.64. The smallest absolute Gasteiger partial charge is 0.160 e. The molecule has 1 saturated heterocycles. The Balaban J connectivity index is 1.41. The Labute approximate surface area is 168 Å². The molecule has 0 saturated carbocycles. The highest BCUT2D eigenvalue weighted by Crippen LogP contribution is 2.30. The molecule has 5 nitrogen and oxygen atoms in total. The standard InChI is InChI=1S/C23H32N2O3/c1-26-22-13-11-17(15-23(22)27-2)10-12-18-7-5-6-14-25(18)16-20-19-8-3-4-9-21(19)28-24-20/h11,13,15,18H,3-10,12,14,16H2,1-2H3. The lowest BCUT2D eigenvalue weighted by Gasteiger charge is -2.35. The summed E-state index contributed by atoms with van der Waals surface area (Å²) in [7, 11) is 3.38. The van der Waals surface area contributed by atoms with Crippen molar-refractivity contribution in [1.82, 2.24) is 10.1 Å². The van der Waals surface area contributed by atoms with Gasteiger partial charge in [0.25, 0.3) is 0 Å². The van der Waals surface area contributed by atoms with Gasteiger partial charge in [0, 0.05) is 24.6 Å². The molecule has 2 heterocycles. The van der Waals surface area contributed by atoms with Crippen molar-refractivity contribution < 1.29 is 14.0 Å². The second-order valence-corrected chi connectivity index (χ2v) is 8.09. The molecule has 2 aromatic rings. The maximum atomic E-state index is 5.64. The normalized spacial score (nSPS) is 20.0. The van der Waals surface area contributed by atoms with Crippen LogP contribution in [0.15, 0.2) is 22.7 Å². The Bertz CT molecular complexity index is 786. The van der Waals surface area contributed by atoms with Gasteiger partial charge in [0.1, 0.15) is 11.5 Å². The van der Waals surface area contributed by atoms with Crippen molar-refractivity contribution >= 4 is 0 Å². The summed E-state index contributed by atoms with van der Waals surface area (Å²) in [6.07, 6.45) is 10.8. The lowest BCUT2D eigenvalue weighted by Crippen LogP contribution is -2.39. The van der Waals surface area contributed by atoms with Crippen LogP contribution in [-0.4, -0.2) is 36.9 Å². The first-order chi connectivity index (χ1) is 13.8. The molecular weight excluding hydrogens is 352 g/mol. The third kappa shape index (κ3) is 4.19. The first-order valence-electron chi connectivity index (χ1n) is 10.7. The van der Waals surface area contributed by atoms with Gasteiger partial charge in [0.15, 0.2) is 11.5 Å². The lowest BCUT2D eigenvalue weighted by molar-refractivity contribution is 0.129. The number of ether oxygens (including phenoxy) is 2. The van der Waals surface area contributed by atoms with Crippen LogP contribution in [-0.2, 0) is 25.8 Å². The quantitative estimate of drug-likeness (QED) is 0.700. The SMILES string of the molecule is COc1ccc(CCC2CCCCN2Cc2noc3c2CCCC3)cc1OC. The van der Waals surface area contributed by atoms with Crippen LogP contribution in [0.2, 0.25) is 0 Å². The minimum absolute atomic E-state index is 0.609. The van der Waals surface area contributed by atoms with Gasteiger partial charge in [-0.1, -0.05) is 17.6 Å². The van der Waals surface area contributed by atoms with Crippen molar-refractivity contribution in [3.05, 3.63) is 40.8 Å². The molecule has 1 aromatic heterocycles. The highest BCUT2D eigenvalue weighted by atomic mass is 16.5. The topological polar surface area (TPSA) is 47.7 Å². The van der Waals surface area contributed by atoms with Gasteiger partial charge in [0.05, 0.1) is 14.2 Å². The number of methoxy groups -OCH3 is 2. The van der Waals surface area contributed by atoms with Crippen molar-refractivity contribution in [1.29, 1.82) is 0 Å². The molecule has 1 aliphatic carbocycles. The van der Waals surface area contributed by atoms with Gasteiger partial charge in [-0.05, 0) is 69.2 Å². The summed E-state index contributed by atoms with van der Waals surface area (Å²) >= 11 is 0. The molecule has 5 heteroatoms. The third-order valence-electron chi connectivity index (χ3n) is 6.35. The first-order valence-corrected chi connectivity index (χ1v) is 10.7. The zero-order valence-electron chi connectivity index (χ0n) is 17.2. The zero-order valence-corrected chi connectivity index (χ0v) is 17.2. The number of piperidine rings is 1. The number of aryl methyl sites for hydroxylation is 2. The van der Waals surface area contributed by atoms with Crippen LogP contribution in [0.3, 0.4) is 0 Å². The Morgan fingerprint density at radius 1 is 1.07 bits per heavy atom. The summed E-state index contributed by atoms with van der Waals surface area (Å²) in [5.74, 6) is 2.75. The van der Waals surface area contributed by atoms with E-state index >= 15 is 0 Å². The minimum atomic E-state index is 0.609. The molecule has 152 valence electrons. The molecule has 1 aliphatic heterocycles. The van der Waals surface area contributed by atoms with E-state index in [0.717, 1.165) is 56.0 Å². The van der Waals surface area contributed by atoms with Crippen LogP contribution in [0, 0.1) is 0 Å². The fourth-order valence-corrected chi connectivity index (χ4v) is 4.73. The van der Waals surface area contributed by atoms with Gasteiger partial charge in [-0.3, -0.25) is 4.90 Å². The zero-order chi connectivity index (χ0) is 19.3. The van der Waals surface area contributed by atoms with Crippen molar-refractivity contribution in [2.75, 3.05) is 20.8 Å². The van der Waals surface area contributed by atoms with Crippen LogP contribution >= 0.6 is 0 Å². The number of fused-ring (bicyclic) bond motifs is 1. The number of aromatic nitrogens is 1. The Kier molecular flexibility index (Phi) is 6.20. The Morgan fingerprint density at radius 2 is 1.93 bits per heavy atom. The average Bonchev–Trinajstić information content (AvgIpc) is 3.16. The molecular formula is C23H32N2O3. The van der Waals surface area contributed by atoms with Gasteiger partial charge in [0.2, 0.25) is 0 Å². The molecule has 0 amide bonds. The van der Waals surface area contributed by atoms with E-state index in [9.17, 15) is 0 Å². The molecule has 2 aliphatic rings. The van der Waals surface area contributed by atoms with Gasteiger partial charge in [-0.25, -0.2) is 0 Å². The van der Waals surface area contributed by atoms with Crippen LogP contribution in [0.25, 0.3) is 0 Å². The maximum Gasteiger partial charge on any atom is 0.160 e. The molecule has 0 bridgehead atoms. The number of hydrogen-bond donors (Lipinski definition) is 0. The number of rotatable bonds is 7. The molecule has 0 spiro atoms. The first kappa shape index (κ1) is 19.3. The van der Waals surface area contributed by atoms with Crippen LogP contribution in [0.5, 0.6) is 11.5 Å². The lowest BCUT2D eigenvalue weighted by atomic mass is 9.93. The van der Waals surface area contributed by atoms with Crippen LogP contribution < -0.4 is 9.47 Å². The van der Waals surface area contributed by atoms with E-state index in [1.54, 1.807) is 14.2 Å². The summed E-state index contributed by atoms with van der Waals surface area (Å²) in [5.41, 5.74) is 3.89. The molecule has 1 atom stereocenters. The molecule has 1 unspecified atom stereocenters. The molecule has 0 radical (unpaired) electrons. The Hall–Kier alpha value is -2.01. The summed E-state index contributed by atoms with van der Waals surface area (Å²) in [6, 6.07) is 6.88. The van der Waals surface area contributed by atoms with Crippen molar-refractivity contribution in [2.24, 2.45) is 0 Å². The molecule has 1 aromatic carbocycles. The number of hydrogen-bond acceptors (Lipinski definition) is 5. The largest absolute Gasteiger partial charge is 0.493 e. The average molecular weight is 385 g/mol. The minimum Gasteiger partial charge on any atom is -0.493 e. The van der Waals surface area contributed by atoms with Crippen LogP contribution in [0.1, 0.15) is 61.1 Å². The van der Waals surface area contributed by atoms with E-state index in [2.05, 4.69) is 22.2 Å². The van der Waals surface area contributed by atoms with E-state index in [0.29, 0.717) is 6.04 Å². The van der Waals surface area contributed by atoms with Gasteiger partial charge < -0.3 is 14.0 Å². The second-order valence-electron chi connectivity index (χ2n) is 8.09. The highest BCUT2D eigenvalue weighted by molar-refractivity contribution is 5.42. The van der Waals surface area contributed by atoms with Crippen molar-refractivity contribution in [2.45, 2.75) is 70.4 Å².